The summed E-state index contributed by atoms with van der Waals surface area (Å²) in [6.07, 6.45) is 5.23. The van der Waals surface area contributed by atoms with Gasteiger partial charge < -0.3 is 10.3 Å². The highest BCUT2D eigenvalue weighted by molar-refractivity contribution is 5.91. The van der Waals surface area contributed by atoms with E-state index in [2.05, 4.69) is 22.2 Å². The van der Waals surface area contributed by atoms with Crippen LogP contribution in [-0.2, 0) is 17.6 Å². The lowest BCUT2D eigenvalue weighted by atomic mass is 10.0. The Morgan fingerprint density at radius 2 is 2.26 bits per heavy atom. The summed E-state index contributed by atoms with van der Waals surface area (Å²) in [5.41, 5.74) is 4.36. The van der Waals surface area contributed by atoms with Gasteiger partial charge in [0.25, 0.3) is 0 Å². The first-order valence-corrected chi connectivity index (χ1v) is 6.78. The molecule has 0 radical (unpaired) electrons. The van der Waals surface area contributed by atoms with Crippen molar-refractivity contribution in [2.75, 3.05) is 13.1 Å². The fraction of sp³-hybridized carbons (Fsp3) is 0.467. The van der Waals surface area contributed by atoms with E-state index < -0.39 is 0 Å². The number of likely N-dealkylation sites (N-methyl/N-ethyl adjacent to an activating group) is 1. The summed E-state index contributed by atoms with van der Waals surface area (Å²) in [6, 6.07) is 0. The van der Waals surface area contributed by atoms with E-state index in [4.69, 9.17) is 0 Å². The number of aromatic amines is 1. The van der Waals surface area contributed by atoms with Gasteiger partial charge in [-0.3, -0.25) is 9.78 Å². The van der Waals surface area contributed by atoms with E-state index in [0.29, 0.717) is 6.42 Å². The highest BCUT2D eigenvalue weighted by Gasteiger charge is 2.13. The van der Waals surface area contributed by atoms with Gasteiger partial charge in [0.1, 0.15) is 5.78 Å². The predicted molar refractivity (Wildman–Crippen MR) is 77.5 cm³/mol. The van der Waals surface area contributed by atoms with Crippen LogP contribution in [0.5, 0.6) is 0 Å². The Morgan fingerprint density at radius 1 is 1.47 bits per heavy atom. The van der Waals surface area contributed by atoms with Crippen molar-refractivity contribution in [3.8, 4) is 0 Å². The SMILES string of the molecule is CCNCCc1c[nH]c2c(C)cnc(CC(C)=O)c12. The number of aromatic nitrogens is 2. The molecule has 0 spiro atoms. The first-order valence-electron chi connectivity index (χ1n) is 6.78. The lowest BCUT2D eigenvalue weighted by Crippen LogP contribution is -2.16. The van der Waals surface area contributed by atoms with Gasteiger partial charge in [0.2, 0.25) is 0 Å². The van der Waals surface area contributed by atoms with Crippen LogP contribution in [0, 0.1) is 6.92 Å². The molecule has 0 aliphatic carbocycles. The zero-order chi connectivity index (χ0) is 13.8. The lowest BCUT2D eigenvalue weighted by Gasteiger charge is -2.06. The number of aryl methyl sites for hydroxylation is 1. The van der Waals surface area contributed by atoms with Crippen LogP contribution in [0.1, 0.15) is 30.7 Å². The standard InChI is InChI=1S/C15H21N3O/c1-4-16-6-5-12-9-18-15-10(2)8-17-13(14(12)15)7-11(3)19/h8-9,16,18H,4-7H2,1-3H3. The number of hydrogen-bond donors (Lipinski definition) is 2. The number of carbonyl (C=O) groups excluding carboxylic acids is 1. The van der Waals surface area contributed by atoms with E-state index in [1.54, 1.807) is 6.92 Å². The maximum Gasteiger partial charge on any atom is 0.135 e. The summed E-state index contributed by atoms with van der Waals surface area (Å²) < 4.78 is 0. The van der Waals surface area contributed by atoms with Crippen molar-refractivity contribution in [3.63, 3.8) is 0 Å². The van der Waals surface area contributed by atoms with Gasteiger partial charge in [-0.15, -0.1) is 0 Å². The number of ketones is 1. The number of nitrogens with zero attached hydrogens (tertiary/aromatic N) is 1. The van der Waals surface area contributed by atoms with Gasteiger partial charge in [0, 0.05) is 24.2 Å². The predicted octanol–water partition coefficient (Wildman–Crippen LogP) is 2.15. The average molecular weight is 259 g/mol. The molecule has 19 heavy (non-hydrogen) atoms. The Morgan fingerprint density at radius 3 is 2.95 bits per heavy atom. The van der Waals surface area contributed by atoms with Gasteiger partial charge in [-0.05, 0) is 44.5 Å². The third-order valence-electron chi connectivity index (χ3n) is 3.30. The topological polar surface area (TPSA) is 57.8 Å². The van der Waals surface area contributed by atoms with Crippen molar-refractivity contribution in [1.29, 1.82) is 0 Å². The number of carbonyl (C=O) groups is 1. The smallest absolute Gasteiger partial charge is 0.135 e. The van der Waals surface area contributed by atoms with E-state index in [9.17, 15) is 4.79 Å². The molecule has 4 nitrogen and oxygen atoms in total. The third kappa shape index (κ3) is 3.01. The van der Waals surface area contributed by atoms with Crippen LogP contribution >= 0.6 is 0 Å². The zero-order valence-corrected chi connectivity index (χ0v) is 11.8. The Hall–Kier alpha value is -1.68. The van der Waals surface area contributed by atoms with Gasteiger partial charge in [-0.25, -0.2) is 0 Å². The second-order valence-electron chi connectivity index (χ2n) is 4.93. The van der Waals surface area contributed by atoms with Crippen molar-refractivity contribution in [1.82, 2.24) is 15.3 Å². The number of hydrogen-bond acceptors (Lipinski definition) is 3. The van der Waals surface area contributed by atoms with Crippen molar-refractivity contribution >= 4 is 16.7 Å². The van der Waals surface area contributed by atoms with Crippen LogP contribution in [0.4, 0.5) is 0 Å². The molecular formula is C15H21N3O. The van der Waals surface area contributed by atoms with Crippen LogP contribution < -0.4 is 5.32 Å². The molecule has 2 aromatic heterocycles. The first kappa shape index (κ1) is 13.7. The van der Waals surface area contributed by atoms with Crippen LogP contribution in [0.2, 0.25) is 0 Å². The molecule has 0 fully saturated rings. The monoisotopic (exact) mass is 259 g/mol. The molecule has 0 atom stereocenters. The largest absolute Gasteiger partial charge is 0.361 e. The molecule has 4 heteroatoms. The van der Waals surface area contributed by atoms with Crippen molar-refractivity contribution in [3.05, 3.63) is 29.2 Å². The second kappa shape index (κ2) is 5.97. The van der Waals surface area contributed by atoms with Crippen LogP contribution in [-0.4, -0.2) is 28.8 Å². The van der Waals surface area contributed by atoms with Gasteiger partial charge >= 0.3 is 0 Å². The summed E-state index contributed by atoms with van der Waals surface area (Å²) >= 11 is 0. The molecule has 0 bridgehead atoms. The molecule has 0 aliphatic heterocycles. The molecule has 102 valence electrons. The molecule has 0 unspecified atom stereocenters. The van der Waals surface area contributed by atoms with Gasteiger partial charge in [-0.2, -0.15) is 0 Å². The summed E-state index contributed by atoms with van der Waals surface area (Å²) in [5.74, 6) is 0.150. The number of fused-ring (bicyclic) bond motifs is 1. The van der Waals surface area contributed by atoms with Crippen LogP contribution in [0.25, 0.3) is 10.9 Å². The molecule has 0 aliphatic rings. The van der Waals surface area contributed by atoms with E-state index >= 15 is 0 Å². The minimum atomic E-state index is 0.150. The van der Waals surface area contributed by atoms with Crippen molar-refractivity contribution < 1.29 is 4.79 Å². The molecular weight excluding hydrogens is 238 g/mol. The minimum Gasteiger partial charge on any atom is -0.361 e. The Balaban J connectivity index is 2.41. The molecule has 2 aromatic rings. The van der Waals surface area contributed by atoms with Crippen LogP contribution in [0.3, 0.4) is 0 Å². The fourth-order valence-corrected chi connectivity index (χ4v) is 2.38. The Labute approximate surface area is 113 Å². The number of rotatable bonds is 6. The van der Waals surface area contributed by atoms with Gasteiger partial charge in [0.05, 0.1) is 11.2 Å². The molecule has 2 N–H and O–H groups in total. The highest BCUT2D eigenvalue weighted by Crippen LogP contribution is 2.24. The average Bonchev–Trinajstić information content (AvgIpc) is 2.78. The number of nitrogens with one attached hydrogen (secondary N) is 2. The first-order chi connectivity index (χ1) is 9.13. The summed E-state index contributed by atoms with van der Waals surface area (Å²) in [5, 5.41) is 4.46. The highest BCUT2D eigenvalue weighted by atomic mass is 16.1. The van der Waals surface area contributed by atoms with Crippen molar-refractivity contribution in [2.24, 2.45) is 0 Å². The fourth-order valence-electron chi connectivity index (χ4n) is 2.38. The number of Topliss-reactive ketones (excluding diaryl/α,β-unsaturated/α-hetero) is 1. The van der Waals surface area contributed by atoms with Crippen LogP contribution in [0.15, 0.2) is 12.4 Å². The summed E-state index contributed by atoms with van der Waals surface area (Å²) in [7, 11) is 0. The lowest BCUT2D eigenvalue weighted by molar-refractivity contribution is -0.116. The van der Waals surface area contributed by atoms with E-state index in [1.807, 2.05) is 19.3 Å². The molecule has 0 saturated heterocycles. The third-order valence-corrected chi connectivity index (χ3v) is 3.30. The zero-order valence-electron chi connectivity index (χ0n) is 11.8. The summed E-state index contributed by atoms with van der Waals surface area (Å²) in [4.78, 5) is 19.1. The molecule has 0 amide bonds. The minimum absolute atomic E-state index is 0.150. The maximum atomic E-state index is 11.4. The normalized spacial score (nSPS) is 11.1. The van der Waals surface area contributed by atoms with Gasteiger partial charge in [0.15, 0.2) is 0 Å². The second-order valence-corrected chi connectivity index (χ2v) is 4.93. The molecule has 0 saturated carbocycles. The maximum absolute atomic E-state index is 11.4. The number of H-pyrrole nitrogens is 1. The van der Waals surface area contributed by atoms with E-state index in [-0.39, 0.29) is 5.78 Å². The summed E-state index contributed by atoms with van der Waals surface area (Å²) in [6.45, 7) is 7.66. The quantitative estimate of drug-likeness (QED) is 0.782. The Bertz CT molecular complexity index is 586. The molecule has 2 heterocycles. The van der Waals surface area contributed by atoms with Crippen molar-refractivity contribution in [2.45, 2.75) is 33.6 Å². The Kier molecular flexibility index (Phi) is 4.32. The molecule has 0 aromatic carbocycles. The van der Waals surface area contributed by atoms with E-state index in [1.165, 1.54) is 5.56 Å². The van der Waals surface area contributed by atoms with E-state index in [0.717, 1.165) is 41.7 Å². The van der Waals surface area contributed by atoms with Gasteiger partial charge in [-0.1, -0.05) is 6.92 Å². The number of pyridine rings is 1. The molecule has 2 rings (SSSR count).